The van der Waals surface area contributed by atoms with E-state index in [9.17, 15) is 13.2 Å². The maximum atomic E-state index is 12.3. The van der Waals surface area contributed by atoms with Gasteiger partial charge in [0, 0.05) is 12.6 Å². The van der Waals surface area contributed by atoms with Crippen LogP contribution in [0.3, 0.4) is 0 Å². The van der Waals surface area contributed by atoms with Gasteiger partial charge in [0.15, 0.2) is 9.84 Å². The van der Waals surface area contributed by atoms with Gasteiger partial charge >= 0.3 is 0 Å². The van der Waals surface area contributed by atoms with Crippen molar-refractivity contribution in [2.24, 2.45) is 5.84 Å². The van der Waals surface area contributed by atoms with E-state index < -0.39 is 9.84 Å². The maximum Gasteiger partial charge on any atom is 0.272 e. The molecule has 8 heteroatoms. The van der Waals surface area contributed by atoms with Crippen molar-refractivity contribution in [3.8, 4) is 0 Å². The Morgan fingerprint density at radius 2 is 2.26 bits per heavy atom. The number of aromatic nitrogens is 1. The van der Waals surface area contributed by atoms with Crippen molar-refractivity contribution < 1.29 is 13.2 Å². The van der Waals surface area contributed by atoms with Crippen molar-refractivity contribution >= 4 is 21.6 Å². The molecule has 2 heterocycles. The average molecular weight is 284 g/mol. The number of nitrogens with one attached hydrogen (secondary N) is 1. The number of anilines is 1. The summed E-state index contributed by atoms with van der Waals surface area (Å²) in [5, 5.41) is 0. The van der Waals surface area contributed by atoms with Crippen LogP contribution >= 0.6 is 0 Å². The van der Waals surface area contributed by atoms with E-state index in [-0.39, 0.29) is 35.7 Å². The van der Waals surface area contributed by atoms with Crippen molar-refractivity contribution in [1.29, 1.82) is 0 Å². The summed E-state index contributed by atoms with van der Waals surface area (Å²) in [5.41, 5.74) is 2.62. The van der Waals surface area contributed by atoms with Gasteiger partial charge in [0.05, 0.1) is 11.5 Å². The Bertz CT molecular complexity index is 587. The molecule has 0 aliphatic carbocycles. The van der Waals surface area contributed by atoms with Crippen molar-refractivity contribution in [3.63, 3.8) is 0 Å². The zero-order chi connectivity index (χ0) is 14.0. The highest BCUT2D eigenvalue weighted by atomic mass is 32.2. The number of sulfone groups is 1. The van der Waals surface area contributed by atoms with Crippen molar-refractivity contribution in [2.45, 2.75) is 13.0 Å². The zero-order valence-corrected chi connectivity index (χ0v) is 11.4. The summed E-state index contributed by atoms with van der Waals surface area (Å²) in [6.07, 6.45) is 0. The largest absolute Gasteiger partial charge is 0.333 e. The van der Waals surface area contributed by atoms with Gasteiger partial charge in [-0.3, -0.25) is 4.79 Å². The molecule has 1 aliphatic heterocycles. The van der Waals surface area contributed by atoms with E-state index in [1.807, 2.05) is 0 Å². The Balaban J connectivity index is 2.20. The molecule has 0 radical (unpaired) electrons. The van der Waals surface area contributed by atoms with Crippen LogP contribution in [0.5, 0.6) is 0 Å². The van der Waals surface area contributed by atoms with Gasteiger partial charge < -0.3 is 10.3 Å². The second kappa shape index (κ2) is 5.14. The number of hydrogen-bond donors (Lipinski definition) is 2. The molecule has 1 unspecified atom stereocenters. The lowest BCUT2D eigenvalue weighted by molar-refractivity contribution is 0.0706. The number of nitrogens with two attached hydrogens (primary N) is 1. The van der Waals surface area contributed by atoms with Crippen LogP contribution in [-0.4, -0.2) is 48.3 Å². The number of nitrogen functional groups attached to an aromatic ring is 1. The van der Waals surface area contributed by atoms with Gasteiger partial charge in [0.1, 0.15) is 11.5 Å². The summed E-state index contributed by atoms with van der Waals surface area (Å²) in [6, 6.07) is 4.54. The van der Waals surface area contributed by atoms with Crippen LogP contribution in [0.2, 0.25) is 0 Å². The molecule has 0 spiro atoms. The highest BCUT2D eigenvalue weighted by molar-refractivity contribution is 7.91. The lowest BCUT2D eigenvalue weighted by Gasteiger charge is -2.32. The first-order chi connectivity index (χ1) is 8.93. The summed E-state index contributed by atoms with van der Waals surface area (Å²) in [5.74, 6) is 5.35. The highest BCUT2D eigenvalue weighted by Gasteiger charge is 2.32. The van der Waals surface area contributed by atoms with Gasteiger partial charge in [-0.25, -0.2) is 19.2 Å². The fourth-order valence-electron chi connectivity index (χ4n) is 2.08. The first-order valence-corrected chi connectivity index (χ1v) is 7.70. The molecule has 1 amide bonds. The third-order valence-corrected chi connectivity index (χ3v) is 4.84. The van der Waals surface area contributed by atoms with Gasteiger partial charge in [0.25, 0.3) is 5.91 Å². The van der Waals surface area contributed by atoms with E-state index >= 15 is 0 Å². The monoisotopic (exact) mass is 284 g/mol. The first kappa shape index (κ1) is 13.8. The highest BCUT2D eigenvalue weighted by Crippen LogP contribution is 2.15. The summed E-state index contributed by atoms with van der Waals surface area (Å²) in [6.45, 7) is 1.92. The minimum Gasteiger partial charge on any atom is -0.333 e. The minimum absolute atomic E-state index is 0.00207. The van der Waals surface area contributed by atoms with E-state index in [1.54, 1.807) is 25.1 Å². The van der Waals surface area contributed by atoms with Crippen LogP contribution in [0.25, 0.3) is 0 Å². The van der Waals surface area contributed by atoms with Crippen molar-refractivity contribution in [2.75, 3.05) is 23.5 Å². The standard InChI is InChI=1S/C11H16N4O3S/c1-8-7-19(17,18)6-5-15(8)11(16)9-3-2-4-10(13-9)14-12/h2-4,8H,5-7,12H2,1H3,(H,13,14). The fraction of sp³-hybridized carbons (Fsp3) is 0.455. The van der Waals surface area contributed by atoms with E-state index in [0.717, 1.165) is 0 Å². The number of nitrogens with zero attached hydrogens (tertiary/aromatic N) is 2. The summed E-state index contributed by atoms with van der Waals surface area (Å²) < 4.78 is 23.0. The molecule has 1 fully saturated rings. The molecule has 1 aromatic rings. The normalized spacial score (nSPS) is 22.0. The third-order valence-electron chi connectivity index (χ3n) is 3.05. The van der Waals surface area contributed by atoms with Crippen molar-refractivity contribution in [1.82, 2.24) is 9.88 Å². The number of pyridine rings is 1. The molecule has 3 N–H and O–H groups in total. The second-order valence-electron chi connectivity index (χ2n) is 4.51. The maximum absolute atomic E-state index is 12.3. The molecule has 0 bridgehead atoms. The number of rotatable bonds is 2. The molecular weight excluding hydrogens is 268 g/mol. The predicted molar refractivity (Wildman–Crippen MR) is 71.2 cm³/mol. The van der Waals surface area contributed by atoms with Gasteiger partial charge in [0.2, 0.25) is 0 Å². The SMILES string of the molecule is CC1CS(=O)(=O)CCN1C(=O)c1cccc(NN)n1. The number of carbonyl (C=O) groups is 1. The molecular formula is C11H16N4O3S. The molecule has 7 nitrogen and oxygen atoms in total. The lowest BCUT2D eigenvalue weighted by atomic mass is 10.2. The topological polar surface area (TPSA) is 105 Å². The Kier molecular flexibility index (Phi) is 3.72. The lowest BCUT2D eigenvalue weighted by Crippen LogP contribution is -2.49. The molecule has 104 valence electrons. The Hall–Kier alpha value is -1.67. The van der Waals surface area contributed by atoms with E-state index in [1.165, 1.54) is 4.90 Å². The number of carbonyl (C=O) groups excluding carboxylic acids is 1. The number of amides is 1. The van der Waals surface area contributed by atoms with Crippen LogP contribution in [0.15, 0.2) is 18.2 Å². The molecule has 2 rings (SSSR count). The van der Waals surface area contributed by atoms with Gasteiger partial charge in [-0.2, -0.15) is 0 Å². The molecule has 1 aromatic heterocycles. The molecule has 1 aliphatic rings. The van der Waals surface area contributed by atoms with Gasteiger partial charge in [-0.15, -0.1) is 0 Å². The minimum atomic E-state index is -3.04. The van der Waals surface area contributed by atoms with Gasteiger partial charge in [-0.05, 0) is 19.1 Å². The fourth-order valence-corrected chi connectivity index (χ4v) is 3.64. The Labute approximate surface area is 111 Å². The smallest absolute Gasteiger partial charge is 0.272 e. The van der Waals surface area contributed by atoms with Crippen LogP contribution in [-0.2, 0) is 9.84 Å². The number of hydrazine groups is 1. The predicted octanol–water partition coefficient (Wildman–Crippen LogP) is -0.374. The summed E-state index contributed by atoms with van der Waals surface area (Å²) in [4.78, 5) is 17.9. The summed E-state index contributed by atoms with van der Waals surface area (Å²) in [7, 11) is -3.04. The zero-order valence-electron chi connectivity index (χ0n) is 10.5. The molecule has 0 saturated carbocycles. The van der Waals surface area contributed by atoms with E-state index in [4.69, 9.17) is 5.84 Å². The average Bonchev–Trinajstić information content (AvgIpc) is 2.37. The Morgan fingerprint density at radius 1 is 1.53 bits per heavy atom. The molecule has 0 aromatic carbocycles. The van der Waals surface area contributed by atoms with Gasteiger partial charge in [-0.1, -0.05) is 6.07 Å². The van der Waals surface area contributed by atoms with Crippen LogP contribution in [0.1, 0.15) is 17.4 Å². The van der Waals surface area contributed by atoms with Crippen LogP contribution in [0, 0.1) is 0 Å². The van der Waals surface area contributed by atoms with E-state index in [0.29, 0.717) is 5.82 Å². The first-order valence-electron chi connectivity index (χ1n) is 5.88. The van der Waals surface area contributed by atoms with E-state index in [2.05, 4.69) is 10.4 Å². The van der Waals surface area contributed by atoms with Crippen molar-refractivity contribution in [3.05, 3.63) is 23.9 Å². The Morgan fingerprint density at radius 3 is 2.89 bits per heavy atom. The molecule has 19 heavy (non-hydrogen) atoms. The third kappa shape index (κ3) is 3.02. The van der Waals surface area contributed by atoms with Crippen LogP contribution < -0.4 is 11.3 Å². The molecule has 1 saturated heterocycles. The van der Waals surface area contributed by atoms with Crippen LogP contribution in [0.4, 0.5) is 5.82 Å². The summed E-state index contributed by atoms with van der Waals surface area (Å²) >= 11 is 0. The second-order valence-corrected chi connectivity index (χ2v) is 6.74. The number of hydrogen-bond acceptors (Lipinski definition) is 6. The molecule has 1 atom stereocenters. The quantitative estimate of drug-likeness (QED) is 0.567.